The molecule has 1 rings (SSSR count). The molecule has 0 bridgehead atoms. The lowest BCUT2D eigenvalue weighted by molar-refractivity contribution is -0.142. The van der Waals surface area contributed by atoms with Gasteiger partial charge in [0.05, 0.1) is 11.8 Å². The number of amides is 3. The Kier molecular flexibility index (Phi) is 5.79. The van der Waals surface area contributed by atoms with Gasteiger partial charge in [-0.1, -0.05) is 13.3 Å². The Hall–Kier alpha value is -1.79. The van der Waals surface area contributed by atoms with Crippen molar-refractivity contribution in [3.8, 4) is 0 Å². The zero-order chi connectivity index (χ0) is 15.3. The Labute approximate surface area is 118 Å². The molecule has 0 heterocycles. The molecule has 3 amide bonds. The van der Waals surface area contributed by atoms with Crippen LogP contribution in [0.4, 0.5) is 4.79 Å². The van der Waals surface area contributed by atoms with Gasteiger partial charge in [-0.2, -0.15) is 0 Å². The maximum Gasteiger partial charge on any atom is 0.317 e. The normalized spacial score (nSPS) is 22.9. The van der Waals surface area contributed by atoms with Crippen molar-refractivity contribution in [1.29, 1.82) is 0 Å². The second-order valence-electron chi connectivity index (χ2n) is 5.33. The zero-order valence-electron chi connectivity index (χ0n) is 12.2. The van der Waals surface area contributed by atoms with Gasteiger partial charge in [-0.05, 0) is 12.8 Å². The van der Waals surface area contributed by atoms with Gasteiger partial charge in [0.25, 0.3) is 0 Å². The molecular weight excluding hydrogens is 262 g/mol. The van der Waals surface area contributed by atoms with Crippen LogP contribution in [0.15, 0.2) is 0 Å². The van der Waals surface area contributed by atoms with Crippen molar-refractivity contribution in [1.82, 2.24) is 15.5 Å². The Bertz CT molecular complexity index is 386. The van der Waals surface area contributed by atoms with Crippen molar-refractivity contribution in [3.05, 3.63) is 0 Å². The smallest absolute Gasteiger partial charge is 0.317 e. The maximum atomic E-state index is 12.0. The number of urea groups is 1. The van der Waals surface area contributed by atoms with E-state index in [2.05, 4.69) is 10.6 Å². The van der Waals surface area contributed by atoms with Crippen LogP contribution in [0.25, 0.3) is 0 Å². The number of carboxylic acid groups (broad SMARTS) is 1. The van der Waals surface area contributed by atoms with Gasteiger partial charge in [-0.3, -0.25) is 9.59 Å². The van der Waals surface area contributed by atoms with E-state index in [1.54, 1.807) is 21.0 Å². The van der Waals surface area contributed by atoms with Gasteiger partial charge in [-0.25, -0.2) is 4.79 Å². The summed E-state index contributed by atoms with van der Waals surface area (Å²) in [7, 11) is 3.15. The third-order valence-electron chi connectivity index (χ3n) is 3.73. The monoisotopic (exact) mass is 285 g/mol. The number of carbonyl (C=O) groups is 3. The standard InChI is InChI=1S/C13H23N3O4/c1-8(11(17)14-2)7-16(3)13(20)15-10-6-4-5-9(10)12(18)19/h8-10H,4-7H2,1-3H3,(H,14,17)(H,15,20)(H,18,19). The number of hydrogen-bond donors (Lipinski definition) is 3. The molecule has 20 heavy (non-hydrogen) atoms. The Morgan fingerprint density at radius 1 is 1.35 bits per heavy atom. The number of carbonyl (C=O) groups excluding carboxylic acids is 2. The summed E-state index contributed by atoms with van der Waals surface area (Å²) in [5.74, 6) is -1.82. The highest BCUT2D eigenvalue weighted by Gasteiger charge is 2.34. The summed E-state index contributed by atoms with van der Waals surface area (Å²) < 4.78 is 0. The van der Waals surface area contributed by atoms with E-state index < -0.39 is 11.9 Å². The van der Waals surface area contributed by atoms with E-state index in [-0.39, 0.29) is 30.4 Å². The van der Waals surface area contributed by atoms with Crippen LogP contribution < -0.4 is 10.6 Å². The van der Waals surface area contributed by atoms with Crippen molar-refractivity contribution in [2.75, 3.05) is 20.6 Å². The lowest BCUT2D eigenvalue weighted by Gasteiger charge is -2.25. The van der Waals surface area contributed by atoms with Crippen molar-refractivity contribution in [2.24, 2.45) is 11.8 Å². The third-order valence-corrected chi connectivity index (χ3v) is 3.73. The molecule has 3 unspecified atom stereocenters. The molecule has 0 spiro atoms. The summed E-state index contributed by atoms with van der Waals surface area (Å²) in [6.45, 7) is 2.02. The van der Waals surface area contributed by atoms with Crippen molar-refractivity contribution in [2.45, 2.75) is 32.2 Å². The van der Waals surface area contributed by atoms with Crippen LogP contribution in [0.1, 0.15) is 26.2 Å². The second-order valence-corrected chi connectivity index (χ2v) is 5.33. The summed E-state index contributed by atoms with van der Waals surface area (Å²) in [5, 5.41) is 14.3. The first-order valence-corrected chi connectivity index (χ1v) is 6.82. The number of hydrogen-bond acceptors (Lipinski definition) is 3. The molecule has 0 aliphatic heterocycles. The molecule has 0 aromatic heterocycles. The first-order chi connectivity index (χ1) is 9.36. The topological polar surface area (TPSA) is 98.7 Å². The Balaban J connectivity index is 2.49. The maximum absolute atomic E-state index is 12.0. The van der Waals surface area contributed by atoms with Gasteiger partial charge >= 0.3 is 12.0 Å². The van der Waals surface area contributed by atoms with Crippen LogP contribution in [-0.4, -0.2) is 54.6 Å². The van der Waals surface area contributed by atoms with Crippen LogP contribution in [-0.2, 0) is 9.59 Å². The average molecular weight is 285 g/mol. The quantitative estimate of drug-likeness (QED) is 0.675. The van der Waals surface area contributed by atoms with E-state index in [0.29, 0.717) is 12.8 Å². The van der Waals surface area contributed by atoms with E-state index in [1.165, 1.54) is 4.90 Å². The minimum absolute atomic E-state index is 0.131. The summed E-state index contributed by atoms with van der Waals surface area (Å²) in [6.07, 6.45) is 2.08. The van der Waals surface area contributed by atoms with E-state index in [9.17, 15) is 14.4 Å². The third kappa shape index (κ3) is 4.11. The summed E-state index contributed by atoms with van der Waals surface area (Å²) in [6, 6.07) is -0.656. The Morgan fingerprint density at radius 2 is 2.00 bits per heavy atom. The summed E-state index contributed by atoms with van der Waals surface area (Å²) in [4.78, 5) is 35.9. The number of aliphatic carboxylic acids is 1. The fourth-order valence-electron chi connectivity index (χ4n) is 2.52. The van der Waals surface area contributed by atoms with Gasteiger partial charge < -0.3 is 20.6 Å². The average Bonchev–Trinajstić information content (AvgIpc) is 2.85. The SMILES string of the molecule is CNC(=O)C(C)CN(C)C(=O)NC1CCCC1C(=O)O. The molecule has 0 aromatic rings. The molecule has 1 aliphatic rings. The number of nitrogens with zero attached hydrogens (tertiary/aromatic N) is 1. The number of rotatable bonds is 5. The van der Waals surface area contributed by atoms with Gasteiger partial charge in [0.15, 0.2) is 0 Å². The van der Waals surface area contributed by atoms with Gasteiger partial charge in [0, 0.05) is 26.7 Å². The van der Waals surface area contributed by atoms with E-state index in [1.807, 2.05) is 0 Å². The van der Waals surface area contributed by atoms with Crippen molar-refractivity contribution < 1.29 is 19.5 Å². The highest BCUT2D eigenvalue weighted by molar-refractivity contribution is 5.80. The van der Waals surface area contributed by atoms with Crippen LogP contribution in [0.2, 0.25) is 0 Å². The summed E-state index contributed by atoms with van der Waals surface area (Å²) >= 11 is 0. The molecule has 0 radical (unpaired) electrons. The van der Waals surface area contributed by atoms with Gasteiger partial charge in [0.1, 0.15) is 0 Å². The van der Waals surface area contributed by atoms with Crippen LogP contribution in [0.5, 0.6) is 0 Å². The first-order valence-electron chi connectivity index (χ1n) is 6.82. The number of carboxylic acids is 1. The lowest BCUT2D eigenvalue weighted by atomic mass is 10.0. The molecule has 7 nitrogen and oxygen atoms in total. The Morgan fingerprint density at radius 3 is 2.55 bits per heavy atom. The molecule has 0 aromatic carbocycles. The van der Waals surface area contributed by atoms with Gasteiger partial charge in [-0.15, -0.1) is 0 Å². The summed E-state index contributed by atoms with van der Waals surface area (Å²) in [5.41, 5.74) is 0. The highest BCUT2D eigenvalue weighted by Crippen LogP contribution is 2.25. The number of nitrogens with one attached hydrogen (secondary N) is 2. The molecule has 3 N–H and O–H groups in total. The molecule has 0 saturated heterocycles. The van der Waals surface area contributed by atoms with Crippen molar-refractivity contribution >= 4 is 17.9 Å². The van der Waals surface area contributed by atoms with Crippen molar-refractivity contribution in [3.63, 3.8) is 0 Å². The predicted molar refractivity (Wildman–Crippen MR) is 73.2 cm³/mol. The molecule has 1 fully saturated rings. The molecule has 114 valence electrons. The van der Waals surface area contributed by atoms with Crippen LogP contribution >= 0.6 is 0 Å². The first kappa shape index (κ1) is 16.3. The fraction of sp³-hybridized carbons (Fsp3) is 0.769. The van der Waals surface area contributed by atoms with E-state index in [0.717, 1.165) is 6.42 Å². The fourth-order valence-corrected chi connectivity index (χ4v) is 2.52. The molecule has 1 saturated carbocycles. The van der Waals surface area contributed by atoms with E-state index >= 15 is 0 Å². The highest BCUT2D eigenvalue weighted by atomic mass is 16.4. The molecule has 7 heteroatoms. The van der Waals surface area contributed by atoms with Gasteiger partial charge in [0.2, 0.25) is 5.91 Å². The lowest BCUT2D eigenvalue weighted by Crippen LogP contribution is -2.48. The molecule has 3 atom stereocenters. The molecule has 1 aliphatic carbocycles. The second kappa shape index (κ2) is 7.12. The van der Waals surface area contributed by atoms with Crippen LogP contribution in [0.3, 0.4) is 0 Å². The zero-order valence-corrected chi connectivity index (χ0v) is 12.2. The minimum atomic E-state index is -0.866. The predicted octanol–water partition coefficient (Wildman–Crippen LogP) is 0.263. The largest absolute Gasteiger partial charge is 0.481 e. The van der Waals surface area contributed by atoms with Crippen LogP contribution in [0, 0.1) is 11.8 Å². The van der Waals surface area contributed by atoms with E-state index in [4.69, 9.17) is 5.11 Å². The minimum Gasteiger partial charge on any atom is -0.481 e. The molecular formula is C13H23N3O4.